The summed E-state index contributed by atoms with van der Waals surface area (Å²) in [5.41, 5.74) is 0. The minimum Gasteiger partial charge on any atom is -0.343 e. The first-order valence-electron chi connectivity index (χ1n) is 8.72. The number of hydrogen-bond donors (Lipinski definition) is 1. The van der Waals surface area contributed by atoms with E-state index in [0.717, 1.165) is 19.3 Å². The first kappa shape index (κ1) is 16.3. The van der Waals surface area contributed by atoms with Crippen molar-refractivity contribution in [3.63, 3.8) is 0 Å². The lowest BCUT2D eigenvalue weighted by Gasteiger charge is -2.45. The van der Waals surface area contributed by atoms with Gasteiger partial charge >= 0.3 is 0 Å². The third-order valence-electron chi connectivity index (χ3n) is 5.21. The van der Waals surface area contributed by atoms with E-state index in [1.165, 1.54) is 32.1 Å². The summed E-state index contributed by atoms with van der Waals surface area (Å²) >= 11 is 0. The van der Waals surface area contributed by atoms with Crippen molar-refractivity contribution in [1.29, 1.82) is 0 Å². The molecule has 1 heterocycles. The molecule has 3 unspecified atom stereocenters. The lowest BCUT2D eigenvalue weighted by atomic mass is 9.81. The molecule has 0 aromatic rings. The Morgan fingerprint density at radius 3 is 2.43 bits per heavy atom. The van der Waals surface area contributed by atoms with Crippen LogP contribution in [0.2, 0.25) is 0 Å². The number of hydrogen-bond acceptors (Lipinski definition) is 2. The predicted molar refractivity (Wildman–Crippen MR) is 83.8 cm³/mol. The molecule has 1 saturated heterocycles. The summed E-state index contributed by atoms with van der Waals surface area (Å²) in [5.74, 6) is 0.729. The highest BCUT2D eigenvalue weighted by atomic mass is 16.2. The Bertz CT molecular complexity index is 377. The molecule has 2 rings (SSSR count). The van der Waals surface area contributed by atoms with Crippen molar-refractivity contribution in [1.82, 2.24) is 10.2 Å². The van der Waals surface area contributed by atoms with Crippen molar-refractivity contribution in [2.24, 2.45) is 5.92 Å². The highest BCUT2D eigenvalue weighted by Crippen LogP contribution is 2.32. The molecule has 2 fully saturated rings. The summed E-state index contributed by atoms with van der Waals surface area (Å²) < 4.78 is 0. The SMILES string of the molecule is CCCC1NC(=O)C(C)N(C(CC)C2CCCCC2)C1=O. The number of nitrogens with one attached hydrogen (secondary N) is 1. The molecule has 0 spiro atoms. The molecule has 4 heteroatoms. The van der Waals surface area contributed by atoms with E-state index in [1.807, 2.05) is 11.8 Å². The molecule has 4 nitrogen and oxygen atoms in total. The van der Waals surface area contributed by atoms with E-state index in [9.17, 15) is 9.59 Å². The van der Waals surface area contributed by atoms with E-state index < -0.39 is 0 Å². The molecule has 2 amide bonds. The van der Waals surface area contributed by atoms with Gasteiger partial charge in [-0.25, -0.2) is 0 Å². The van der Waals surface area contributed by atoms with Gasteiger partial charge in [0.15, 0.2) is 0 Å². The van der Waals surface area contributed by atoms with Crippen molar-refractivity contribution >= 4 is 11.8 Å². The van der Waals surface area contributed by atoms with Crippen LogP contribution < -0.4 is 5.32 Å². The van der Waals surface area contributed by atoms with E-state index in [4.69, 9.17) is 0 Å². The number of rotatable bonds is 5. The van der Waals surface area contributed by atoms with Crippen LogP contribution >= 0.6 is 0 Å². The zero-order valence-corrected chi connectivity index (χ0v) is 13.7. The maximum absolute atomic E-state index is 12.8. The fourth-order valence-electron chi connectivity index (χ4n) is 4.06. The van der Waals surface area contributed by atoms with Crippen molar-refractivity contribution in [2.75, 3.05) is 0 Å². The van der Waals surface area contributed by atoms with Crippen molar-refractivity contribution in [2.45, 2.75) is 90.3 Å². The predicted octanol–water partition coefficient (Wildman–Crippen LogP) is 2.86. The molecule has 2 aliphatic rings. The monoisotopic (exact) mass is 294 g/mol. The number of piperazine rings is 1. The zero-order valence-electron chi connectivity index (χ0n) is 13.7. The fraction of sp³-hybridized carbons (Fsp3) is 0.882. The van der Waals surface area contributed by atoms with Crippen molar-refractivity contribution < 1.29 is 9.59 Å². The van der Waals surface area contributed by atoms with Crippen LogP contribution in [0.3, 0.4) is 0 Å². The second-order valence-corrected chi connectivity index (χ2v) is 6.65. The molecule has 1 saturated carbocycles. The average molecular weight is 294 g/mol. The Hall–Kier alpha value is -1.06. The second-order valence-electron chi connectivity index (χ2n) is 6.65. The van der Waals surface area contributed by atoms with Gasteiger partial charge in [0, 0.05) is 6.04 Å². The van der Waals surface area contributed by atoms with Gasteiger partial charge in [-0.1, -0.05) is 39.5 Å². The summed E-state index contributed by atoms with van der Waals surface area (Å²) in [6.07, 6.45) is 8.87. The topological polar surface area (TPSA) is 49.4 Å². The molecule has 0 bridgehead atoms. The minimum absolute atomic E-state index is 0.0160. The van der Waals surface area contributed by atoms with E-state index in [1.54, 1.807) is 0 Å². The maximum Gasteiger partial charge on any atom is 0.246 e. The van der Waals surface area contributed by atoms with Gasteiger partial charge in [0.2, 0.25) is 11.8 Å². The second kappa shape index (κ2) is 7.28. The van der Waals surface area contributed by atoms with Gasteiger partial charge < -0.3 is 10.2 Å². The Kier molecular flexibility index (Phi) is 5.65. The first-order valence-corrected chi connectivity index (χ1v) is 8.72. The van der Waals surface area contributed by atoms with Crippen LogP contribution in [0, 0.1) is 5.92 Å². The molecule has 1 aliphatic heterocycles. The Labute approximate surface area is 128 Å². The molecule has 1 N–H and O–H groups in total. The van der Waals surface area contributed by atoms with Gasteiger partial charge in [0.05, 0.1) is 0 Å². The number of nitrogens with zero attached hydrogens (tertiary/aromatic N) is 1. The molecule has 21 heavy (non-hydrogen) atoms. The molecule has 0 radical (unpaired) electrons. The normalized spacial score (nSPS) is 29.4. The average Bonchev–Trinajstić information content (AvgIpc) is 2.50. The lowest BCUT2D eigenvalue weighted by Crippen LogP contribution is -2.65. The fourth-order valence-corrected chi connectivity index (χ4v) is 4.06. The quantitative estimate of drug-likeness (QED) is 0.847. The van der Waals surface area contributed by atoms with Crippen molar-refractivity contribution in [3.05, 3.63) is 0 Å². The molecule has 0 aromatic heterocycles. The van der Waals surface area contributed by atoms with Gasteiger partial charge in [-0.3, -0.25) is 9.59 Å². The molecular weight excluding hydrogens is 264 g/mol. The van der Waals surface area contributed by atoms with Gasteiger partial charge in [-0.2, -0.15) is 0 Å². The van der Waals surface area contributed by atoms with Gasteiger partial charge in [-0.05, 0) is 38.5 Å². The van der Waals surface area contributed by atoms with E-state index in [-0.39, 0.29) is 29.9 Å². The van der Waals surface area contributed by atoms with Gasteiger partial charge in [-0.15, -0.1) is 0 Å². The first-order chi connectivity index (χ1) is 10.1. The molecule has 1 aliphatic carbocycles. The summed E-state index contributed by atoms with van der Waals surface area (Å²) in [7, 11) is 0. The summed E-state index contributed by atoms with van der Waals surface area (Å²) in [5, 5.41) is 2.90. The van der Waals surface area contributed by atoms with Crippen LogP contribution in [0.5, 0.6) is 0 Å². The van der Waals surface area contributed by atoms with Crippen LogP contribution in [-0.4, -0.2) is 34.8 Å². The highest BCUT2D eigenvalue weighted by Gasteiger charge is 2.42. The summed E-state index contributed by atoms with van der Waals surface area (Å²) in [6, 6.07) is -0.396. The van der Waals surface area contributed by atoms with Crippen LogP contribution in [0.4, 0.5) is 0 Å². The third kappa shape index (κ3) is 3.41. The van der Waals surface area contributed by atoms with Crippen LogP contribution in [0.15, 0.2) is 0 Å². The van der Waals surface area contributed by atoms with Crippen molar-refractivity contribution in [3.8, 4) is 0 Å². The number of carbonyl (C=O) groups is 2. The van der Waals surface area contributed by atoms with Crippen LogP contribution in [-0.2, 0) is 9.59 Å². The Morgan fingerprint density at radius 1 is 1.19 bits per heavy atom. The molecular formula is C17H30N2O2. The molecule has 120 valence electrons. The van der Waals surface area contributed by atoms with E-state index in [2.05, 4.69) is 19.2 Å². The molecule has 0 aromatic carbocycles. The standard InChI is InChI=1S/C17H30N2O2/c1-4-9-14-17(21)19(12(3)16(20)18-14)15(5-2)13-10-7-6-8-11-13/h12-15H,4-11H2,1-3H3,(H,18,20). The number of carbonyl (C=O) groups excluding carboxylic acids is 2. The highest BCUT2D eigenvalue weighted by molar-refractivity contribution is 5.96. The van der Waals surface area contributed by atoms with E-state index >= 15 is 0 Å². The third-order valence-corrected chi connectivity index (χ3v) is 5.21. The largest absolute Gasteiger partial charge is 0.343 e. The maximum atomic E-state index is 12.8. The Morgan fingerprint density at radius 2 is 1.86 bits per heavy atom. The van der Waals surface area contributed by atoms with Gasteiger partial charge in [0.25, 0.3) is 0 Å². The van der Waals surface area contributed by atoms with Crippen LogP contribution in [0.25, 0.3) is 0 Å². The number of amides is 2. The summed E-state index contributed by atoms with van der Waals surface area (Å²) in [4.78, 5) is 27.0. The van der Waals surface area contributed by atoms with E-state index in [0.29, 0.717) is 5.92 Å². The lowest BCUT2D eigenvalue weighted by molar-refractivity contribution is -0.153. The van der Waals surface area contributed by atoms with Gasteiger partial charge in [0.1, 0.15) is 12.1 Å². The summed E-state index contributed by atoms with van der Waals surface area (Å²) in [6.45, 7) is 6.09. The zero-order chi connectivity index (χ0) is 15.4. The molecule has 3 atom stereocenters. The minimum atomic E-state index is -0.322. The smallest absolute Gasteiger partial charge is 0.246 e. The Balaban J connectivity index is 2.18. The van der Waals surface area contributed by atoms with Crippen LogP contribution in [0.1, 0.15) is 72.1 Å².